The molecule has 2 aliphatic carbocycles. The number of allylic oxidation sites excluding steroid dienone is 4. The molecule has 1 aromatic rings. The van der Waals surface area contributed by atoms with Gasteiger partial charge in [0.1, 0.15) is 5.54 Å². The van der Waals surface area contributed by atoms with E-state index in [-0.39, 0.29) is 5.54 Å². The van der Waals surface area contributed by atoms with E-state index < -0.39 is 0 Å². The first-order valence-electron chi connectivity index (χ1n) is 9.33. The Kier molecular flexibility index (Phi) is 4.20. The maximum Gasteiger partial charge on any atom is 0.113 e. The summed E-state index contributed by atoms with van der Waals surface area (Å²) < 4.78 is 0. The van der Waals surface area contributed by atoms with Crippen LogP contribution < -0.4 is 5.32 Å². The SMILES string of the molecule is C=C1C=CC2=C(CC3C=C(C)CC2(N=Cc2ccc(C#N)cc2)C3=CC)N1. The van der Waals surface area contributed by atoms with Crippen molar-refractivity contribution < 1.29 is 0 Å². The zero-order valence-corrected chi connectivity index (χ0v) is 15.8. The van der Waals surface area contributed by atoms with Crippen LogP contribution in [0.4, 0.5) is 0 Å². The van der Waals surface area contributed by atoms with Gasteiger partial charge in [-0.15, -0.1) is 0 Å². The average Bonchev–Trinajstić information content (AvgIpc) is 2.66. The Labute approximate surface area is 160 Å². The second-order valence-corrected chi connectivity index (χ2v) is 7.47. The zero-order valence-electron chi connectivity index (χ0n) is 15.8. The molecule has 27 heavy (non-hydrogen) atoms. The van der Waals surface area contributed by atoms with E-state index in [2.05, 4.69) is 50.0 Å². The summed E-state index contributed by atoms with van der Waals surface area (Å²) in [6, 6.07) is 9.73. The molecule has 3 heteroatoms. The van der Waals surface area contributed by atoms with Crippen LogP contribution in [0.2, 0.25) is 0 Å². The molecule has 0 radical (unpaired) electrons. The molecule has 0 saturated heterocycles. The molecule has 2 atom stereocenters. The van der Waals surface area contributed by atoms with Crippen molar-refractivity contribution in [1.29, 1.82) is 5.26 Å². The first kappa shape index (κ1) is 17.3. The molecule has 0 fully saturated rings. The van der Waals surface area contributed by atoms with Gasteiger partial charge in [0, 0.05) is 35.5 Å². The lowest BCUT2D eigenvalue weighted by Gasteiger charge is -2.47. The summed E-state index contributed by atoms with van der Waals surface area (Å²) in [5, 5.41) is 12.5. The van der Waals surface area contributed by atoms with Gasteiger partial charge in [0.15, 0.2) is 0 Å². The van der Waals surface area contributed by atoms with E-state index in [1.165, 1.54) is 22.4 Å². The first-order valence-corrected chi connectivity index (χ1v) is 9.33. The number of aliphatic imine (C=N–C) groups is 1. The van der Waals surface area contributed by atoms with Crippen molar-refractivity contribution in [3.63, 3.8) is 0 Å². The fourth-order valence-electron chi connectivity index (χ4n) is 4.55. The highest BCUT2D eigenvalue weighted by atomic mass is 15.0. The average molecular weight is 353 g/mol. The van der Waals surface area contributed by atoms with Gasteiger partial charge in [0.2, 0.25) is 0 Å². The lowest BCUT2D eigenvalue weighted by molar-refractivity contribution is 0.453. The van der Waals surface area contributed by atoms with Crippen molar-refractivity contribution in [3.8, 4) is 6.07 Å². The van der Waals surface area contributed by atoms with E-state index in [1.807, 2.05) is 36.6 Å². The van der Waals surface area contributed by atoms with Crippen molar-refractivity contribution in [3.05, 3.63) is 94.4 Å². The van der Waals surface area contributed by atoms with Gasteiger partial charge in [-0.05, 0) is 49.6 Å². The Balaban J connectivity index is 1.83. The Morgan fingerprint density at radius 3 is 2.78 bits per heavy atom. The minimum absolute atomic E-state index is 0.368. The van der Waals surface area contributed by atoms with Crippen LogP contribution >= 0.6 is 0 Å². The summed E-state index contributed by atoms with van der Waals surface area (Å²) in [5.41, 5.74) is 7.47. The van der Waals surface area contributed by atoms with Crippen LogP contribution in [0.1, 0.15) is 37.8 Å². The fraction of sp³-hybridized carbons (Fsp3) is 0.250. The standard InChI is InChI=1S/C24H23N3/c1-4-21-20-11-16(2)13-24(21,22-10-5-17(3)27-23(22)12-20)26-15-19-8-6-18(14-25)7-9-19/h4-11,15,20,27H,3,12-13H2,1-2H3. The summed E-state index contributed by atoms with van der Waals surface area (Å²) in [6.07, 6.45) is 12.6. The maximum atomic E-state index is 9.00. The van der Waals surface area contributed by atoms with E-state index in [9.17, 15) is 0 Å². The van der Waals surface area contributed by atoms with Crippen molar-refractivity contribution in [2.75, 3.05) is 0 Å². The van der Waals surface area contributed by atoms with Gasteiger partial charge in [0.05, 0.1) is 11.6 Å². The highest BCUT2D eigenvalue weighted by Gasteiger charge is 2.47. The molecule has 1 heterocycles. The third-order valence-corrected chi connectivity index (χ3v) is 5.64. The summed E-state index contributed by atoms with van der Waals surface area (Å²) in [6.45, 7) is 8.38. The second-order valence-electron chi connectivity index (χ2n) is 7.47. The van der Waals surface area contributed by atoms with Crippen LogP contribution in [0.3, 0.4) is 0 Å². The van der Waals surface area contributed by atoms with E-state index >= 15 is 0 Å². The van der Waals surface area contributed by atoms with Crippen LogP contribution in [0.5, 0.6) is 0 Å². The predicted molar refractivity (Wildman–Crippen MR) is 110 cm³/mol. The fourth-order valence-corrected chi connectivity index (χ4v) is 4.55. The van der Waals surface area contributed by atoms with Crippen LogP contribution in [0.15, 0.2) is 88.3 Å². The quantitative estimate of drug-likeness (QED) is 0.603. The lowest BCUT2D eigenvalue weighted by atomic mass is 9.62. The Hall–Kier alpha value is -3.12. The van der Waals surface area contributed by atoms with Crippen molar-refractivity contribution in [1.82, 2.24) is 5.32 Å². The van der Waals surface area contributed by atoms with Crippen LogP contribution in [-0.2, 0) is 0 Å². The monoisotopic (exact) mass is 353 g/mol. The Morgan fingerprint density at radius 2 is 2.07 bits per heavy atom. The molecule has 2 bridgehead atoms. The van der Waals surface area contributed by atoms with E-state index in [1.54, 1.807) is 0 Å². The minimum Gasteiger partial charge on any atom is -0.359 e. The van der Waals surface area contributed by atoms with Crippen molar-refractivity contribution in [2.45, 2.75) is 32.2 Å². The molecule has 1 aliphatic heterocycles. The molecule has 1 aromatic carbocycles. The van der Waals surface area contributed by atoms with Gasteiger partial charge in [-0.1, -0.05) is 42.5 Å². The third kappa shape index (κ3) is 2.88. The van der Waals surface area contributed by atoms with Crippen LogP contribution in [-0.4, -0.2) is 11.8 Å². The van der Waals surface area contributed by atoms with Gasteiger partial charge in [-0.2, -0.15) is 5.26 Å². The predicted octanol–water partition coefficient (Wildman–Crippen LogP) is 4.96. The molecule has 2 unspecified atom stereocenters. The van der Waals surface area contributed by atoms with Gasteiger partial charge in [0.25, 0.3) is 0 Å². The molecule has 4 rings (SSSR count). The van der Waals surface area contributed by atoms with E-state index in [0.717, 1.165) is 24.1 Å². The summed E-state index contributed by atoms with van der Waals surface area (Å²) in [4.78, 5) is 5.18. The Bertz CT molecular complexity index is 993. The molecule has 134 valence electrons. The number of hydrogen-bond acceptors (Lipinski definition) is 3. The summed E-state index contributed by atoms with van der Waals surface area (Å²) in [5.74, 6) is 0.368. The molecule has 0 saturated carbocycles. The number of dihydropyridines is 1. The smallest absolute Gasteiger partial charge is 0.113 e. The van der Waals surface area contributed by atoms with Gasteiger partial charge < -0.3 is 5.32 Å². The van der Waals surface area contributed by atoms with Crippen LogP contribution in [0.25, 0.3) is 0 Å². The molecule has 0 aromatic heterocycles. The summed E-state index contributed by atoms with van der Waals surface area (Å²) in [7, 11) is 0. The molecular weight excluding hydrogens is 330 g/mol. The van der Waals surface area contributed by atoms with E-state index in [4.69, 9.17) is 10.3 Å². The molecule has 1 N–H and O–H groups in total. The first-order chi connectivity index (χ1) is 13.1. The molecule has 3 nitrogen and oxygen atoms in total. The zero-order chi connectivity index (χ0) is 19.0. The van der Waals surface area contributed by atoms with Crippen molar-refractivity contribution in [2.24, 2.45) is 10.9 Å². The molecule has 0 spiro atoms. The topological polar surface area (TPSA) is 48.2 Å². The van der Waals surface area contributed by atoms with Gasteiger partial charge in [-0.25, -0.2) is 0 Å². The molecule has 0 amide bonds. The number of hydrogen-bond donors (Lipinski definition) is 1. The number of rotatable bonds is 2. The van der Waals surface area contributed by atoms with Crippen molar-refractivity contribution >= 4 is 6.21 Å². The van der Waals surface area contributed by atoms with Gasteiger partial charge >= 0.3 is 0 Å². The number of nitrogens with one attached hydrogen (secondary N) is 1. The number of nitriles is 1. The number of benzene rings is 1. The molecular formula is C24H23N3. The second kappa shape index (κ2) is 6.55. The van der Waals surface area contributed by atoms with E-state index in [0.29, 0.717) is 11.5 Å². The summed E-state index contributed by atoms with van der Waals surface area (Å²) >= 11 is 0. The Morgan fingerprint density at radius 1 is 1.30 bits per heavy atom. The maximum absolute atomic E-state index is 9.00. The number of nitrogens with zero attached hydrogens (tertiary/aromatic N) is 2. The highest BCUT2D eigenvalue weighted by molar-refractivity contribution is 5.81. The largest absolute Gasteiger partial charge is 0.359 e. The van der Waals surface area contributed by atoms with Gasteiger partial charge in [-0.3, -0.25) is 4.99 Å². The molecule has 3 aliphatic rings. The van der Waals surface area contributed by atoms with Crippen LogP contribution in [0, 0.1) is 17.2 Å². The number of fused-ring (bicyclic) bond motifs is 3. The highest BCUT2D eigenvalue weighted by Crippen LogP contribution is 2.52. The minimum atomic E-state index is -0.371. The normalized spacial score (nSPS) is 28.0. The lowest BCUT2D eigenvalue weighted by Crippen LogP contribution is -2.44. The third-order valence-electron chi connectivity index (χ3n) is 5.64.